The quantitative estimate of drug-likeness (QED) is 0.577. The van der Waals surface area contributed by atoms with Crippen molar-refractivity contribution >= 4 is 18.4 Å². The minimum absolute atomic E-state index is 0. The second-order valence-corrected chi connectivity index (χ2v) is 2.81. The molecule has 0 aliphatic carbocycles. The van der Waals surface area contributed by atoms with Crippen LogP contribution in [0.2, 0.25) is 0 Å². The fourth-order valence-corrected chi connectivity index (χ4v) is 0.939. The predicted molar refractivity (Wildman–Crippen MR) is 58.7 cm³/mol. The number of carboxylic acid groups (broad SMARTS) is 1. The lowest BCUT2D eigenvalue weighted by Gasteiger charge is -2.03. The molecule has 5 heteroatoms. The number of hydrogen-bond acceptors (Lipinski definition) is 3. The maximum absolute atomic E-state index is 10.1. The Morgan fingerprint density at radius 1 is 1.33 bits per heavy atom. The zero-order chi connectivity index (χ0) is 10.2. The Bertz CT molecular complexity index is 279. The number of halogens is 1. The highest BCUT2D eigenvalue weighted by Crippen LogP contribution is 1.98. The van der Waals surface area contributed by atoms with E-state index in [9.17, 15) is 4.79 Å². The minimum atomic E-state index is -0.833. The summed E-state index contributed by atoms with van der Waals surface area (Å²) in [6.07, 6.45) is 0.0643. The monoisotopic (exact) mass is 231 g/mol. The van der Waals surface area contributed by atoms with Crippen molar-refractivity contribution in [2.75, 3.05) is 6.54 Å². The van der Waals surface area contributed by atoms with Gasteiger partial charge in [-0.15, -0.1) is 12.4 Å². The summed E-state index contributed by atoms with van der Waals surface area (Å²) in [4.78, 5) is 15.2. The molecule has 0 saturated heterocycles. The van der Waals surface area contributed by atoms with Gasteiger partial charge in [-0.05, 0) is 5.56 Å². The lowest BCUT2D eigenvalue weighted by atomic mass is 10.2. The zero-order valence-electron chi connectivity index (χ0n) is 8.18. The van der Waals surface area contributed by atoms with Gasteiger partial charge in [0.25, 0.3) is 0 Å². The van der Waals surface area contributed by atoms with Gasteiger partial charge in [0, 0.05) is 6.54 Å². The topological polar surface area (TPSA) is 58.6 Å². The van der Waals surface area contributed by atoms with E-state index in [1.54, 1.807) is 0 Å². The molecule has 1 aromatic carbocycles. The number of hydrogen-bond donors (Lipinski definition) is 2. The first-order chi connectivity index (χ1) is 6.79. The van der Waals surface area contributed by atoms with Gasteiger partial charge in [-0.2, -0.15) is 0 Å². The molecule has 0 fully saturated rings. The number of benzene rings is 1. The van der Waals surface area contributed by atoms with Crippen LogP contribution in [0.15, 0.2) is 30.3 Å². The third-order valence-electron chi connectivity index (χ3n) is 1.62. The van der Waals surface area contributed by atoms with E-state index in [1.165, 1.54) is 0 Å². The Morgan fingerprint density at radius 3 is 2.60 bits per heavy atom. The second-order valence-electron chi connectivity index (χ2n) is 2.81. The molecule has 15 heavy (non-hydrogen) atoms. The molecule has 0 radical (unpaired) electrons. The normalized spacial score (nSPS) is 9.33. The third-order valence-corrected chi connectivity index (χ3v) is 1.62. The number of nitrogens with one attached hydrogen (secondary N) is 1. The maximum Gasteiger partial charge on any atom is 0.304 e. The van der Waals surface area contributed by atoms with Crippen LogP contribution >= 0.6 is 12.4 Å². The number of rotatable bonds is 6. The standard InChI is InChI=1S/C10H13NO3.ClH/c12-10(13)6-7-11-14-8-9-4-2-1-3-5-9;/h1-5,11H,6-8H2,(H,12,13);1H. The fourth-order valence-electron chi connectivity index (χ4n) is 0.939. The number of hydroxylamine groups is 1. The molecule has 4 nitrogen and oxygen atoms in total. The Balaban J connectivity index is 0.00000196. The molecule has 0 amide bonds. The first-order valence-corrected chi connectivity index (χ1v) is 4.39. The summed E-state index contributed by atoms with van der Waals surface area (Å²) in [5.74, 6) is -0.833. The van der Waals surface area contributed by atoms with Crippen molar-refractivity contribution in [1.29, 1.82) is 0 Å². The summed E-state index contributed by atoms with van der Waals surface area (Å²) in [6.45, 7) is 0.766. The van der Waals surface area contributed by atoms with E-state index < -0.39 is 5.97 Å². The fraction of sp³-hybridized carbons (Fsp3) is 0.300. The SMILES string of the molecule is Cl.O=C(O)CCNOCc1ccccc1. The summed E-state index contributed by atoms with van der Waals surface area (Å²) in [6, 6.07) is 9.67. The van der Waals surface area contributed by atoms with E-state index in [1.807, 2.05) is 30.3 Å². The highest BCUT2D eigenvalue weighted by atomic mass is 35.5. The van der Waals surface area contributed by atoms with E-state index >= 15 is 0 Å². The third kappa shape index (κ3) is 6.90. The molecule has 0 aliphatic rings. The molecule has 0 unspecified atom stereocenters. The highest BCUT2D eigenvalue weighted by molar-refractivity contribution is 5.85. The average Bonchev–Trinajstić information content (AvgIpc) is 2.18. The molecule has 0 saturated carbocycles. The molecule has 1 aromatic rings. The first kappa shape index (κ1) is 13.9. The van der Waals surface area contributed by atoms with Gasteiger partial charge in [0.2, 0.25) is 0 Å². The average molecular weight is 232 g/mol. The van der Waals surface area contributed by atoms with Gasteiger partial charge in [0.1, 0.15) is 0 Å². The maximum atomic E-state index is 10.1. The Hall–Kier alpha value is -1.10. The van der Waals surface area contributed by atoms with Gasteiger partial charge in [-0.25, -0.2) is 5.48 Å². The molecule has 1 rings (SSSR count). The smallest absolute Gasteiger partial charge is 0.304 e. The van der Waals surface area contributed by atoms with Crippen LogP contribution in [-0.4, -0.2) is 17.6 Å². The van der Waals surface area contributed by atoms with Crippen molar-refractivity contribution in [1.82, 2.24) is 5.48 Å². The van der Waals surface area contributed by atoms with Crippen molar-refractivity contribution < 1.29 is 14.7 Å². The lowest BCUT2D eigenvalue weighted by molar-refractivity contribution is -0.137. The summed E-state index contributed by atoms with van der Waals surface area (Å²) in [7, 11) is 0. The van der Waals surface area contributed by atoms with Crippen molar-refractivity contribution in [2.45, 2.75) is 13.0 Å². The van der Waals surface area contributed by atoms with Crippen LogP contribution in [0.5, 0.6) is 0 Å². The van der Waals surface area contributed by atoms with Crippen molar-refractivity contribution in [3.8, 4) is 0 Å². The van der Waals surface area contributed by atoms with Gasteiger partial charge < -0.3 is 5.11 Å². The van der Waals surface area contributed by atoms with Crippen LogP contribution in [-0.2, 0) is 16.2 Å². The molecule has 84 valence electrons. The van der Waals surface area contributed by atoms with E-state index in [-0.39, 0.29) is 18.8 Å². The molecular formula is C10H14ClNO3. The number of aliphatic carboxylic acids is 1. The van der Waals surface area contributed by atoms with Gasteiger partial charge >= 0.3 is 5.97 Å². The highest BCUT2D eigenvalue weighted by Gasteiger charge is 1.95. The molecule has 0 heterocycles. The molecule has 0 aromatic heterocycles. The first-order valence-electron chi connectivity index (χ1n) is 4.39. The molecular weight excluding hydrogens is 218 g/mol. The van der Waals surface area contributed by atoms with Crippen molar-refractivity contribution in [3.63, 3.8) is 0 Å². The number of carboxylic acids is 1. The van der Waals surface area contributed by atoms with Gasteiger partial charge in [-0.1, -0.05) is 30.3 Å². The van der Waals surface area contributed by atoms with E-state index in [4.69, 9.17) is 9.94 Å². The van der Waals surface area contributed by atoms with Crippen LogP contribution in [0.4, 0.5) is 0 Å². The van der Waals surface area contributed by atoms with E-state index in [2.05, 4.69) is 5.48 Å². The summed E-state index contributed by atoms with van der Waals surface area (Å²) < 4.78 is 0. The second kappa shape index (κ2) is 8.23. The van der Waals surface area contributed by atoms with Gasteiger partial charge in [-0.3, -0.25) is 9.63 Å². The molecule has 2 N–H and O–H groups in total. The summed E-state index contributed by atoms with van der Waals surface area (Å²) in [5.41, 5.74) is 3.64. The summed E-state index contributed by atoms with van der Waals surface area (Å²) >= 11 is 0. The zero-order valence-corrected chi connectivity index (χ0v) is 9.00. The molecule has 0 atom stereocenters. The van der Waals surface area contributed by atoms with Crippen molar-refractivity contribution in [3.05, 3.63) is 35.9 Å². The lowest BCUT2D eigenvalue weighted by Crippen LogP contribution is -2.18. The molecule has 0 spiro atoms. The predicted octanol–water partition coefficient (Wildman–Crippen LogP) is 1.60. The van der Waals surface area contributed by atoms with Crippen LogP contribution in [0, 0.1) is 0 Å². The summed E-state index contributed by atoms with van der Waals surface area (Å²) in [5, 5.41) is 8.33. The van der Waals surface area contributed by atoms with Gasteiger partial charge in [0.15, 0.2) is 0 Å². The Labute approximate surface area is 94.6 Å². The van der Waals surface area contributed by atoms with Crippen LogP contribution in [0.25, 0.3) is 0 Å². The number of carbonyl (C=O) groups is 1. The largest absolute Gasteiger partial charge is 0.481 e. The van der Waals surface area contributed by atoms with E-state index in [0.717, 1.165) is 5.56 Å². The van der Waals surface area contributed by atoms with Gasteiger partial charge in [0.05, 0.1) is 13.0 Å². The molecule has 0 bridgehead atoms. The Morgan fingerprint density at radius 2 is 2.00 bits per heavy atom. The minimum Gasteiger partial charge on any atom is -0.481 e. The van der Waals surface area contributed by atoms with Crippen LogP contribution < -0.4 is 5.48 Å². The van der Waals surface area contributed by atoms with E-state index in [0.29, 0.717) is 13.2 Å². The molecule has 0 aliphatic heterocycles. The van der Waals surface area contributed by atoms with Crippen LogP contribution in [0.3, 0.4) is 0 Å². The van der Waals surface area contributed by atoms with Crippen molar-refractivity contribution in [2.24, 2.45) is 0 Å². The Kier molecular flexibility index (Phi) is 7.62. The van der Waals surface area contributed by atoms with Crippen LogP contribution in [0.1, 0.15) is 12.0 Å².